The van der Waals surface area contributed by atoms with Crippen LogP contribution in [0, 0.1) is 11.6 Å². The first kappa shape index (κ1) is 18.6. The van der Waals surface area contributed by atoms with Crippen molar-refractivity contribution in [3.05, 3.63) is 71.1 Å². The fourth-order valence-electron chi connectivity index (χ4n) is 2.87. The predicted molar refractivity (Wildman–Crippen MR) is 105 cm³/mol. The van der Waals surface area contributed by atoms with E-state index in [1.54, 1.807) is 11.3 Å². The number of rotatable bonds is 8. The molecule has 28 heavy (non-hydrogen) atoms. The van der Waals surface area contributed by atoms with Crippen LogP contribution in [0.25, 0.3) is 21.5 Å². The van der Waals surface area contributed by atoms with Crippen LogP contribution < -0.4 is 10.1 Å². The van der Waals surface area contributed by atoms with Gasteiger partial charge < -0.3 is 14.6 Å². The van der Waals surface area contributed by atoms with E-state index in [0.717, 1.165) is 39.8 Å². The molecule has 1 N–H and O–H groups in total. The lowest BCUT2D eigenvalue weighted by molar-refractivity contribution is 0.308. The molecular formula is C21H18F2N2O2S. The van der Waals surface area contributed by atoms with Gasteiger partial charge in [0, 0.05) is 23.7 Å². The molecule has 0 bridgehead atoms. The summed E-state index contributed by atoms with van der Waals surface area (Å²) in [5, 5.41) is 9.26. The van der Waals surface area contributed by atoms with E-state index in [1.807, 2.05) is 35.7 Å². The van der Waals surface area contributed by atoms with Gasteiger partial charge in [-0.25, -0.2) is 8.78 Å². The molecule has 0 radical (unpaired) electrons. The third-order valence-electron chi connectivity index (χ3n) is 4.28. The molecule has 0 spiro atoms. The van der Waals surface area contributed by atoms with Crippen molar-refractivity contribution < 1.29 is 18.0 Å². The Morgan fingerprint density at radius 2 is 2.04 bits per heavy atom. The molecule has 0 aliphatic heterocycles. The Kier molecular flexibility index (Phi) is 5.64. The fraction of sp³-hybridized carbons (Fsp3) is 0.190. The Balaban J connectivity index is 1.26. The highest BCUT2D eigenvalue weighted by atomic mass is 32.1. The van der Waals surface area contributed by atoms with E-state index < -0.39 is 11.6 Å². The number of fused-ring (bicyclic) bond motifs is 1. The predicted octanol–water partition coefficient (Wildman–Crippen LogP) is 5.39. The van der Waals surface area contributed by atoms with Crippen molar-refractivity contribution in [1.82, 2.24) is 10.5 Å². The van der Waals surface area contributed by atoms with Gasteiger partial charge in [0.2, 0.25) is 0 Å². The second-order valence-electron chi connectivity index (χ2n) is 6.29. The van der Waals surface area contributed by atoms with Crippen LogP contribution in [0.4, 0.5) is 8.78 Å². The summed E-state index contributed by atoms with van der Waals surface area (Å²) in [4.78, 5) is 0. The zero-order valence-electron chi connectivity index (χ0n) is 15.0. The van der Waals surface area contributed by atoms with Crippen molar-refractivity contribution >= 4 is 21.6 Å². The van der Waals surface area contributed by atoms with Gasteiger partial charge in [-0.15, -0.1) is 11.3 Å². The van der Waals surface area contributed by atoms with E-state index in [1.165, 1.54) is 12.1 Å². The lowest BCUT2D eigenvalue weighted by Crippen LogP contribution is -2.17. The summed E-state index contributed by atoms with van der Waals surface area (Å²) < 4.78 is 38.6. The standard InChI is InChI=1S/C21H18F2N2O2S/c22-16-6-5-15(18(23)12-16)13-24-8-2-9-26-17-4-1-3-14(11-17)20-21-19(27-25-20)7-10-28-21/h1,3-7,10-12,24H,2,8-9,13H2. The number of nitrogens with zero attached hydrogens (tertiary/aromatic N) is 1. The smallest absolute Gasteiger partial charge is 0.178 e. The highest BCUT2D eigenvalue weighted by Gasteiger charge is 2.12. The summed E-state index contributed by atoms with van der Waals surface area (Å²) in [6.07, 6.45) is 0.756. The van der Waals surface area contributed by atoms with Gasteiger partial charge in [0.15, 0.2) is 5.58 Å². The number of thiophene rings is 1. The fourth-order valence-corrected chi connectivity index (χ4v) is 3.69. The summed E-state index contributed by atoms with van der Waals surface area (Å²) in [7, 11) is 0. The number of halogens is 2. The quantitative estimate of drug-likeness (QED) is 0.403. The van der Waals surface area contributed by atoms with Gasteiger partial charge in [0.05, 0.1) is 6.61 Å². The van der Waals surface area contributed by atoms with Crippen molar-refractivity contribution in [1.29, 1.82) is 0 Å². The van der Waals surface area contributed by atoms with E-state index in [-0.39, 0.29) is 0 Å². The van der Waals surface area contributed by atoms with E-state index in [2.05, 4.69) is 10.5 Å². The molecule has 0 unspecified atom stereocenters. The first-order chi connectivity index (χ1) is 13.7. The maximum atomic E-state index is 13.6. The lowest BCUT2D eigenvalue weighted by Gasteiger charge is -2.09. The van der Waals surface area contributed by atoms with Crippen LogP contribution in [0.5, 0.6) is 5.75 Å². The third kappa shape index (κ3) is 4.21. The summed E-state index contributed by atoms with van der Waals surface area (Å²) in [5.74, 6) is -0.342. The Morgan fingerprint density at radius 3 is 2.93 bits per heavy atom. The van der Waals surface area contributed by atoms with Crippen molar-refractivity contribution in [2.45, 2.75) is 13.0 Å². The topological polar surface area (TPSA) is 47.3 Å². The van der Waals surface area contributed by atoms with Gasteiger partial charge in [-0.2, -0.15) is 0 Å². The summed E-state index contributed by atoms with van der Waals surface area (Å²) in [6, 6.07) is 13.3. The van der Waals surface area contributed by atoms with Gasteiger partial charge in [-0.05, 0) is 42.6 Å². The molecule has 0 aliphatic rings. The molecule has 2 heterocycles. The number of ether oxygens (including phenoxy) is 1. The minimum Gasteiger partial charge on any atom is -0.494 e. The lowest BCUT2D eigenvalue weighted by atomic mass is 10.1. The van der Waals surface area contributed by atoms with Crippen molar-refractivity contribution in [3.63, 3.8) is 0 Å². The Bertz CT molecular complexity index is 1080. The van der Waals surface area contributed by atoms with E-state index in [0.29, 0.717) is 25.3 Å². The van der Waals surface area contributed by atoms with Crippen LogP contribution in [-0.2, 0) is 6.54 Å². The van der Waals surface area contributed by atoms with E-state index in [4.69, 9.17) is 9.26 Å². The number of hydrogen-bond acceptors (Lipinski definition) is 5. The Labute approximate surface area is 164 Å². The van der Waals surface area contributed by atoms with Crippen LogP contribution in [0.3, 0.4) is 0 Å². The molecule has 0 amide bonds. The monoisotopic (exact) mass is 400 g/mol. The first-order valence-electron chi connectivity index (χ1n) is 8.91. The SMILES string of the molecule is Fc1ccc(CNCCCOc2cccc(-c3noc4ccsc34)c2)c(F)c1. The maximum absolute atomic E-state index is 13.6. The number of benzene rings is 2. The normalized spacial score (nSPS) is 11.2. The molecule has 0 saturated heterocycles. The van der Waals surface area contributed by atoms with Crippen LogP contribution in [0.15, 0.2) is 58.4 Å². The van der Waals surface area contributed by atoms with Gasteiger partial charge in [0.1, 0.15) is 27.8 Å². The van der Waals surface area contributed by atoms with Crippen LogP contribution >= 0.6 is 11.3 Å². The molecule has 0 saturated carbocycles. The summed E-state index contributed by atoms with van der Waals surface area (Å²) in [6.45, 7) is 1.54. The maximum Gasteiger partial charge on any atom is 0.178 e. The van der Waals surface area contributed by atoms with Crippen LogP contribution in [0.2, 0.25) is 0 Å². The average Bonchev–Trinajstić information content (AvgIpc) is 3.30. The summed E-state index contributed by atoms with van der Waals surface area (Å²) >= 11 is 1.60. The molecule has 0 aliphatic carbocycles. The zero-order chi connectivity index (χ0) is 19.3. The molecular weight excluding hydrogens is 382 g/mol. The molecule has 4 nitrogen and oxygen atoms in total. The Morgan fingerprint density at radius 1 is 1.11 bits per heavy atom. The van der Waals surface area contributed by atoms with Crippen molar-refractivity contribution in [3.8, 4) is 17.0 Å². The molecule has 144 valence electrons. The van der Waals surface area contributed by atoms with Gasteiger partial charge in [-0.3, -0.25) is 0 Å². The zero-order valence-corrected chi connectivity index (χ0v) is 15.8. The molecule has 0 fully saturated rings. The first-order valence-corrected chi connectivity index (χ1v) is 9.79. The van der Waals surface area contributed by atoms with Gasteiger partial charge in [-0.1, -0.05) is 23.4 Å². The largest absolute Gasteiger partial charge is 0.494 e. The van der Waals surface area contributed by atoms with Crippen LogP contribution in [-0.4, -0.2) is 18.3 Å². The van der Waals surface area contributed by atoms with E-state index in [9.17, 15) is 8.78 Å². The molecule has 7 heteroatoms. The van der Waals surface area contributed by atoms with Gasteiger partial charge in [0.25, 0.3) is 0 Å². The third-order valence-corrected chi connectivity index (χ3v) is 5.19. The molecule has 4 rings (SSSR count). The molecule has 2 aromatic heterocycles. The van der Waals surface area contributed by atoms with Crippen molar-refractivity contribution in [2.24, 2.45) is 0 Å². The second-order valence-corrected chi connectivity index (χ2v) is 7.20. The highest BCUT2D eigenvalue weighted by Crippen LogP contribution is 2.33. The summed E-state index contributed by atoms with van der Waals surface area (Å²) in [5.41, 5.74) is 3.00. The van der Waals surface area contributed by atoms with E-state index >= 15 is 0 Å². The van der Waals surface area contributed by atoms with Crippen LogP contribution in [0.1, 0.15) is 12.0 Å². The minimum atomic E-state index is -0.567. The number of aromatic nitrogens is 1. The molecule has 2 aromatic carbocycles. The van der Waals surface area contributed by atoms with Gasteiger partial charge >= 0.3 is 0 Å². The average molecular weight is 400 g/mol. The van der Waals surface area contributed by atoms with Crippen molar-refractivity contribution in [2.75, 3.05) is 13.2 Å². The number of nitrogens with one attached hydrogen (secondary N) is 1. The molecule has 0 atom stereocenters. The minimum absolute atomic E-state index is 0.352. The second kappa shape index (κ2) is 8.50. The Hall–Kier alpha value is -2.77. The number of hydrogen-bond donors (Lipinski definition) is 1. The highest BCUT2D eigenvalue weighted by molar-refractivity contribution is 7.17. The molecule has 4 aromatic rings.